The second-order valence-electron chi connectivity index (χ2n) is 6.79. The summed E-state index contributed by atoms with van der Waals surface area (Å²) >= 11 is 0. The fraction of sp³-hybridized carbons (Fsp3) is 0.529. The average Bonchev–Trinajstić information content (AvgIpc) is 2.79. The standard InChI is InChI=1S/C17H18F4/c1-6-7-9-12(18)14(20)10(15(21)13(9)19)8-11-16(2,3)17(11,4)5/h1,11H,7-8H2,2-5H3. The van der Waals surface area contributed by atoms with Crippen molar-refractivity contribution in [2.75, 3.05) is 0 Å². The third-order valence-electron chi connectivity index (χ3n) is 5.45. The number of rotatable bonds is 3. The van der Waals surface area contributed by atoms with Gasteiger partial charge in [-0.3, -0.25) is 0 Å². The lowest BCUT2D eigenvalue weighted by atomic mass is 9.98. The first kappa shape index (κ1) is 15.9. The Morgan fingerprint density at radius 1 is 0.857 bits per heavy atom. The minimum Gasteiger partial charge on any atom is -0.203 e. The van der Waals surface area contributed by atoms with E-state index in [1.54, 1.807) is 0 Å². The Morgan fingerprint density at radius 2 is 1.24 bits per heavy atom. The molecule has 0 N–H and O–H groups in total. The monoisotopic (exact) mass is 298 g/mol. The van der Waals surface area contributed by atoms with Crippen molar-refractivity contribution in [2.24, 2.45) is 16.7 Å². The first-order valence-corrected chi connectivity index (χ1v) is 6.84. The van der Waals surface area contributed by atoms with Crippen LogP contribution < -0.4 is 0 Å². The number of terminal acetylenes is 1. The molecule has 1 saturated carbocycles. The Hall–Kier alpha value is -1.50. The smallest absolute Gasteiger partial charge is 0.166 e. The average molecular weight is 298 g/mol. The van der Waals surface area contributed by atoms with Crippen molar-refractivity contribution in [2.45, 2.75) is 40.5 Å². The van der Waals surface area contributed by atoms with Crippen LogP contribution >= 0.6 is 0 Å². The summed E-state index contributed by atoms with van der Waals surface area (Å²) in [6.45, 7) is 7.92. The first-order chi connectivity index (χ1) is 9.57. The molecule has 1 aromatic rings. The van der Waals surface area contributed by atoms with Gasteiger partial charge in [-0.05, 0) is 23.2 Å². The van der Waals surface area contributed by atoms with E-state index in [1.165, 1.54) is 0 Å². The van der Waals surface area contributed by atoms with Crippen LogP contribution in [0.2, 0.25) is 0 Å². The van der Waals surface area contributed by atoms with Crippen LogP contribution in [0.5, 0.6) is 0 Å². The lowest BCUT2D eigenvalue weighted by Gasteiger charge is -2.11. The summed E-state index contributed by atoms with van der Waals surface area (Å²) in [5.41, 5.74) is -1.49. The maximum absolute atomic E-state index is 14.1. The van der Waals surface area contributed by atoms with Crippen LogP contribution in [-0.4, -0.2) is 0 Å². The number of hydrogen-bond acceptors (Lipinski definition) is 0. The largest absolute Gasteiger partial charge is 0.203 e. The molecule has 0 heterocycles. The van der Waals surface area contributed by atoms with Gasteiger partial charge in [0.05, 0.1) is 0 Å². The van der Waals surface area contributed by atoms with Crippen LogP contribution in [0.15, 0.2) is 0 Å². The van der Waals surface area contributed by atoms with Crippen molar-refractivity contribution >= 4 is 0 Å². The zero-order valence-corrected chi connectivity index (χ0v) is 12.6. The van der Waals surface area contributed by atoms with Gasteiger partial charge in [0.25, 0.3) is 0 Å². The van der Waals surface area contributed by atoms with E-state index in [-0.39, 0.29) is 23.2 Å². The topological polar surface area (TPSA) is 0 Å². The third kappa shape index (κ3) is 2.14. The Balaban J connectivity index is 2.46. The van der Waals surface area contributed by atoms with E-state index < -0.39 is 40.8 Å². The summed E-state index contributed by atoms with van der Waals surface area (Å²) in [6, 6.07) is 0. The fourth-order valence-electron chi connectivity index (χ4n) is 3.21. The van der Waals surface area contributed by atoms with E-state index in [0.717, 1.165) is 0 Å². The van der Waals surface area contributed by atoms with Gasteiger partial charge in [0.15, 0.2) is 23.3 Å². The van der Waals surface area contributed by atoms with Crippen molar-refractivity contribution in [3.05, 3.63) is 34.4 Å². The molecule has 1 aliphatic carbocycles. The molecule has 0 atom stereocenters. The molecule has 0 bridgehead atoms. The van der Waals surface area contributed by atoms with Gasteiger partial charge in [0.2, 0.25) is 0 Å². The van der Waals surface area contributed by atoms with Gasteiger partial charge >= 0.3 is 0 Å². The highest BCUT2D eigenvalue weighted by Gasteiger charge is 2.64. The Kier molecular flexibility index (Phi) is 3.60. The summed E-state index contributed by atoms with van der Waals surface area (Å²) < 4.78 is 55.9. The molecule has 0 aromatic heterocycles. The molecule has 1 fully saturated rings. The van der Waals surface area contributed by atoms with Crippen molar-refractivity contribution in [1.29, 1.82) is 0 Å². The van der Waals surface area contributed by atoms with Crippen LogP contribution in [0.1, 0.15) is 38.8 Å². The number of hydrogen-bond donors (Lipinski definition) is 0. The minimum atomic E-state index is -1.38. The molecule has 114 valence electrons. The molecule has 0 unspecified atom stereocenters. The van der Waals surface area contributed by atoms with E-state index >= 15 is 0 Å². The lowest BCUT2D eigenvalue weighted by Crippen LogP contribution is -2.10. The lowest BCUT2D eigenvalue weighted by molar-refractivity contribution is 0.420. The molecule has 4 heteroatoms. The van der Waals surface area contributed by atoms with Crippen molar-refractivity contribution < 1.29 is 17.6 Å². The molecule has 0 radical (unpaired) electrons. The van der Waals surface area contributed by atoms with E-state index in [0.29, 0.717) is 0 Å². The fourth-order valence-corrected chi connectivity index (χ4v) is 3.21. The zero-order valence-electron chi connectivity index (χ0n) is 12.6. The van der Waals surface area contributed by atoms with Crippen molar-refractivity contribution in [1.82, 2.24) is 0 Å². The Bertz CT molecular complexity index is 592. The van der Waals surface area contributed by atoms with Crippen LogP contribution in [0.3, 0.4) is 0 Å². The molecule has 0 spiro atoms. The van der Waals surface area contributed by atoms with E-state index in [4.69, 9.17) is 6.42 Å². The maximum Gasteiger partial charge on any atom is 0.166 e. The molecule has 1 aliphatic rings. The summed E-state index contributed by atoms with van der Waals surface area (Å²) in [6.07, 6.45) is 4.46. The van der Waals surface area contributed by atoms with E-state index in [9.17, 15) is 17.6 Å². The molecule has 2 rings (SSSR count). The zero-order chi connectivity index (χ0) is 16.2. The van der Waals surface area contributed by atoms with Gasteiger partial charge < -0.3 is 0 Å². The highest BCUT2D eigenvalue weighted by Crippen LogP contribution is 2.69. The molecule has 0 saturated heterocycles. The molecular weight excluding hydrogens is 280 g/mol. The molecule has 0 amide bonds. The highest BCUT2D eigenvalue weighted by atomic mass is 19.2. The van der Waals surface area contributed by atoms with Crippen molar-refractivity contribution in [3.63, 3.8) is 0 Å². The van der Waals surface area contributed by atoms with Gasteiger partial charge in [-0.15, -0.1) is 12.3 Å². The van der Waals surface area contributed by atoms with Gasteiger partial charge in [-0.2, -0.15) is 0 Å². The predicted octanol–water partition coefficient (Wildman–Crippen LogP) is 4.64. The van der Waals surface area contributed by atoms with Crippen LogP contribution in [0, 0.1) is 52.4 Å². The van der Waals surface area contributed by atoms with Gasteiger partial charge in [0, 0.05) is 17.5 Å². The summed E-state index contributed by atoms with van der Waals surface area (Å²) in [7, 11) is 0. The molecule has 21 heavy (non-hydrogen) atoms. The van der Waals surface area contributed by atoms with E-state index in [1.807, 2.05) is 33.6 Å². The van der Waals surface area contributed by atoms with Crippen molar-refractivity contribution in [3.8, 4) is 12.3 Å². The first-order valence-electron chi connectivity index (χ1n) is 6.84. The number of benzene rings is 1. The molecular formula is C17H18F4. The molecule has 0 aliphatic heterocycles. The van der Waals surface area contributed by atoms with Gasteiger partial charge in [0.1, 0.15) is 0 Å². The van der Waals surface area contributed by atoms with Crippen LogP contribution in [-0.2, 0) is 12.8 Å². The SMILES string of the molecule is C#CCc1c(F)c(F)c(CC2C(C)(C)C2(C)C)c(F)c1F. The second-order valence-corrected chi connectivity index (χ2v) is 6.79. The predicted molar refractivity (Wildman–Crippen MR) is 73.6 cm³/mol. The normalized spacial score (nSPS) is 19.4. The summed E-state index contributed by atoms with van der Waals surface area (Å²) in [5.74, 6) is -3.43. The maximum atomic E-state index is 14.1. The van der Waals surface area contributed by atoms with Gasteiger partial charge in [-0.25, -0.2) is 17.6 Å². The number of halogens is 4. The van der Waals surface area contributed by atoms with Crippen LogP contribution in [0.4, 0.5) is 17.6 Å². The van der Waals surface area contributed by atoms with Gasteiger partial charge in [-0.1, -0.05) is 27.7 Å². The molecule has 0 nitrogen and oxygen atoms in total. The van der Waals surface area contributed by atoms with Crippen LogP contribution in [0.25, 0.3) is 0 Å². The Morgan fingerprint density at radius 3 is 1.57 bits per heavy atom. The summed E-state index contributed by atoms with van der Waals surface area (Å²) in [4.78, 5) is 0. The third-order valence-corrected chi connectivity index (χ3v) is 5.45. The minimum absolute atomic E-state index is 0.0260. The highest BCUT2D eigenvalue weighted by molar-refractivity contribution is 5.33. The Labute approximate surface area is 122 Å². The second kappa shape index (κ2) is 4.76. The quantitative estimate of drug-likeness (QED) is 0.433. The summed E-state index contributed by atoms with van der Waals surface area (Å²) in [5, 5.41) is 0. The molecule has 1 aromatic carbocycles. The van der Waals surface area contributed by atoms with E-state index in [2.05, 4.69) is 0 Å².